The Morgan fingerprint density at radius 2 is 1.11 bits per heavy atom. The smallest absolute Gasteiger partial charge is 0.240 e. The van der Waals surface area contributed by atoms with Crippen LogP contribution in [0.5, 0.6) is 0 Å². The first-order valence-corrected chi connectivity index (χ1v) is 20.4. The van der Waals surface area contributed by atoms with Gasteiger partial charge in [0.1, 0.15) is 0 Å². The molecule has 1 fully saturated rings. The molecule has 9 heteroatoms. The highest BCUT2D eigenvalue weighted by atomic mass is 32.1. The summed E-state index contributed by atoms with van der Waals surface area (Å²) in [5, 5.41) is 3.99. The van der Waals surface area contributed by atoms with Gasteiger partial charge in [-0.05, 0) is 74.3 Å². The molecule has 4 unspecified atom stereocenters. The third-order valence-corrected chi connectivity index (χ3v) is 9.46. The number of hydrogen-bond acceptors (Lipinski definition) is 6. The van der Waals surface area contributed by atoms with Crippen LogP contribution in [0.3, 0.4) is 0 Å². The van der Waals surface area contributed by atoms with E-state index in [1.807, 2.05) is 65.4 Å². The van der Waals surface area contributed by atoms with Crippen molar-refractivity contribution in [3.63, 3.8) is 0 Å². The van der Waals surface area contributed by atoms with Crippen LogP contribution < -0.4 is 4.90 Å². The molecule has 3 aromatic rings. The van der Waals surface area contributed by atoms with Gasteiger partial charge in [0.15, 0.2) is 16.6 Å². The highest BCUT2D eigenvalue weighted by molar-refractivity contribution is 7.10. The van der Waals surface area contributed by atoms with E-state index >= 15 is 0 Å². The van der Waals surface area contributed by atoms with Crippen LogP contribution in [-0.4, -0.2) is 28.4 Å². The first kappa shape index (κ1) is 26.2. The molecule has 2 aromatic heterocycles. The number of amides is 2. The van der Waals surface area contributed by atoms with Crippen LogP contribution in [0.2, 0.25) is 39.3 Å². The fourth-order valence-corrected chi connectivity index (χ4v) is 8.31. The van der Waals surface area contributed by atoms with Crippen LogP contribution in [0.4, 0.5) is 5.69 Å². The summed E-state index contributed by atoms with van der Waals surface area (Å²) in [5.74, 6) is -1.81. The van der Waals surface area contributed by atoms with Gasteiger partial charge in [0, 0.05) is 9.75 Å². The largest absolute Gasteiger partial charge is 0.409 e. The molecular weight excluding hydrogens is 511 g/mol. The first-order chi connectivity index (χ1) is 16.5. The zero-order valence-electron chi connectivity index (χ0n) is 21.1. The van der Waals surface area contributed by atoms with E-state index in [1.165, 1.54) is 4.90 Å². The molecule has 0 spiro atoms. The van der Waals surface area contributed by atoms with E-state index in [-0.39, 0.29) is 11.8 Å². The molecule has 0 radical (unpaired) electrons. The van der Waals surface area contributed by atoms with Crippen molar-refractivity contribution in [1.29, 1.82) is 0 Å². The van der Waals surface area contributed by atoms with Crippen molar-refractivity contribution in [3.8, 4) is 0 Å². The number of thiophene rings is 2. The van der Waals surface area contributed by atoms with Crippen LogP contribution in [0, 0.1) is 11.8 Å². The fraction of sp³-hybridized carbons (Fsp3) is 0.385. The van der Waals surface area contributed by atoms with Gasteiger partial charge in [0.05, 0.1) is 29.7 Å². The van der Waals surface area contributed by atoms with E-state index in [0.717, 1.165) is 9.75 Å². The monoisotopic (exact) mass is 543 g/mol. The topological polar surface area (TPSA) is 55.8 Å². The second-order valence-corrected chi connectivity index (χ2v) is 21.6. The predicted molar refractivity (Wildman–Crippen MR) is 149 cm³/mol. The van der Waals surface area contributed by atoms with Crippen LogP contribution in [0.1, 0.15) is 22.0 Å². The Morgan fingerprint density at radius 3 is 1.46 bits per heavy atom. The fourth-order valence-electron chi connectivity index (χ4n) is 4.47. The number of benzene rings is 1. The van der Waals surface area contributed by atoms with Gasteiger partial charge in [0.2, 0.25) is 11.8 Å². The lowest BCUT2D eigenvalue weighted by atomic mass is 9.84. The van der Waals surface area contributed by atoms with Crippen molar-refractivity contribution >= 4 is 56.8 Å². The maximum Gasteiger partial charge on any atom is 0.240 e. The van der Waals surface area contributed by atoms with Crippen molar-refractivity contribution in [1.82, 2.24) is 0 Å². The van der Waals surface area contributed by atoms with Gasteiger partial charge < -0.3 is 8.85 Å². The molecule has 0 N–H and O–H groups in total. The summed E-state index contributed by atoms with van der Waals surface area (Å²) < 4.78 is 13.4. The molecule has 2 amide bonds. The van der Waals surface area contributed by atoms with Crippen molar-refractivity contribution in [3.05, 3.63) is 75.1 Å². The first-order valence-electron chi connectivity index (χ1n) is 11.8. The zero-order chi connectivity index (χ0) is 25.4. The molecule has 3 heterocycles. The van der Waals surface area contributed by atoms with E-state index in [1.54, 1.807) is 22.7 Å². The quantitative estimate of drug-likeness (QED) is 0.213. The number of carbonyl (C=O) groups excluding carboxylic acids is 2. The number of carbonyl (C=O) groups is 2. The Bertz CT molecular complexity index is 1070. The van der Waals surface area contributed by atoms with Gasteiger partial charge in [-0.25, -0.2) is 4.90 Å². The summed E-state index contributed by atoms with van der Waals surface area (Å²) in [6, 6.07) is 17.2. The summed E-state index contributed by atoms with van der Waals surface area (Å²) in [5.41, 5.74) is 0.589. The normalized spacial score (nSPS) is 20.9. The average Bonchev–Trinajstić information content (AvgIpc) is 3.52. The molecule has 1 aliphatic rings. The van der Waals surface area contributed by atoms with Crippen molar-refractivity contribution in [2.24, 2.45) is 11.8 Å². The molecule has 5 nitrogen and oxygen atoms in total. The minimum Gasteiger partial charge on any atom is -0.409 e. The second-order valence-electron chi connectivity index (χ2n) is 10.7. The lowest BCUT2D eigenvalue weighted by Gasteiger charge is -2.35. The number of rotatable bonds is 9. The molecule has 0 saturated carbocycles. The van der Waals surface area contributed by atoms with Crippen molar-refractivity contribution < 1.29 is 18.4 Å². The maximum atomic E-state index is 14.2. The summed E-state index contributed by atoms with van der Waals surface area (Å²) in [4.78, 5) is 31.7. The molecular formula is C26H33NO4S2Si2. The van der Waals surface area contributed by atoms with E-state index in [4.69, 9.17) is 8.85 Å². The molecule has 4 atom stereocenters. The molecule has 35 heavy (non-hydrogen) atoms. The SMILES string of the molecule is C[Si](C)(C)OC(c1cccs1)C1C(=O)N(c2ccccc2)C(=O)C1C(O[Si](C)(C)C)c1cccs1. The highest BCUT2D eigenvalue weighted by Crippen LogP contribution is 2.49. The Hall–Kier alpha value is -1.89. The Balaban J connectivity index is 1.89. The molecule has 1 aliphatic heterocycles. The Morgan fingerprint density at radius 1 is 0.686 bits per heavy atom. The Labute approximate surface area is 218 Å². The van der Waals surface area contributed by atoms with Crippen molar-refractivity contribution in [2.75, 3.05) is 4.90 Å². The number of imide groups is 1. The van der Waals surface area contributed by atoms with Gasteiger partial charge in [-0.3, -0.25) is 9.59 Å². The van der Waals surface area contributed by atoms with Gasteiger partial charge in [-0.1, -0.05) is 30.3 Å². The number of hydrogen-bond donors (Lipinski definition) is 0. The molecule has 1 saturated heterocycles. The number of anilines is 1. The van der Waals surface area contributed by atoms with Crippen LogP contribution in [0.15, 0.2) is 65.4 Å². The van der Waals surface area contributed by atoms with Gasteiger partial charge >= 0.3 is 0 Å². The number of para-hydroxylation sites is 1. The average molecular weight is 544 g/mol. The molecule has 0 aliphatic carbocycles. The van der Waals surface area contributed by atoms with Crippen molar-refractivity contribution in [2.45, 2.75) is 51.5 Å². The van der Waals surface area contributed by atoms with Crippen LogP contribution >= 0.6 is 22.7 Å². The summed E-state index contributed by atoms with van der Waals surface area (Å²) in [6.07, 6.45) is -1.02. The van der Waals surface area contributed by atoms with Crippen LogP contribution in [0.25, 0.3) is 0 Å². The molecule has 186 valence electrons. The molecule has 4 rings (SSSR count). The predicted octanol–water partition coefficient (Wildman–Crippen LogP) is 7.10. The standard InChI is InChI=1S/C26H33NO4S2Si2/c1-34(2,3)30-23(19-14-10-16-32-19)21-22(24(31-35(4,5)6)20-15-11-17-33-20)26(29)27(25(21)28)18-12-8-7-9-13-18/h7-17,21-24H,1-6H3. The summed E-state index contributed by atoms with van der Waals surface area (Å²) in [7, 11) is -4.16. The van der Waals surface area contributed by atoms with E-state index in [0.29, 0.717) is 5.69 Å². The minimum absolute atomic E-state index is 0.219. The van der Waals surface area contributed by atoms with E-state index in [9.17, 15) is 9.59 Å². The van der Waals surface area contributed by atoms with Crippen LogP contribution in [-0.2, 0) is 18.4 Å². The van der Waals surface area contributed by atoms with Gasteiger partial charge in [-0.15, -0.1) is 22.7 Å². The van der Waals surface area contributed by atoms with E-state index in [2.05, 4.69) is 39.3 Å². The third kappa shape index (κ3) is 5.92. The highest BCUT2D eigenvalue weighted by Gasteiger charge is 2.57. The Kier molecular flexibility index (Phi) is 7.66. The maximum absolute atomic E-state index is 14.2. The molecule has 1 aromatic carbocycles. The second kappa shape index (κ2) is 10.2. The lowest BCUT2D eigenvalue weighted by Crippen LogP contribution is -2.39. The zero-order valence-corrected chi connectivity index (χ0v) is 24.7. The van der Waals surface area contributed by atoms with Gasteiger partial charge in [-0.2, -0.15) is 0 Å². The van der Waals surface area contributed by atoms with Gasteiger partial charge in [0.25, 0.3) is 0 Å². The lowest BCUT2D eigenvalue weighted by molar-refractivity contribution is -0.127. The molecule has 0 bridgehead atoms. The third-order valence-electron chi connectivity index (χ3n) is 5.67. The summed E-state index contributed by atoms with van der Waals surface area (Å²) >= 11 is 3.14. The van der Waals surface area contributed by atoms with E-state index < -0.39 is 40.7 Å². The number of nitrogens with zero attached hydrogens (tertiary/aromatic N) is 1. The minimum atomic E-state index is -2.08. The summed E-state index contributed by atoms with van der Waals surface area (Å²) in [6.45, 7) is 12.7.